The van der Waals surface area contributed by atoms with Gasteiger partial charge in [0.1, 0.15) is 10.7 Å². The normalized spacial score (nSPS) is 12.2. The number of amides is 1. The maximum Gasteiger partial charge on any atom is 0.272 e. The molecule has 0 aliphatic carbocycles. The fraction of sp³-hybridized carbons (Fsp3) is 0.111. The van der Waals surface area contributed by atoms with Crippen molar-refractivity contribution in [3.05, 3.63) is 71.1 Å². The lowest BCUT2D eigenvalue weighted by atomic mass is 10.2. The number of rotatable bonds is 4. The summed E-state index contributed by atoms with van der Waals surface area (Å²) in [6.07, 6.45) is 5.12. The molecule has 124 valence electrons. The predicted octanol–water partition coefficient (Wildman–Crippen LogP) is 3.34. The molecule has 4 rings (SSSR count). The van der Waals surface area contributed by atoms with Gasteiger partial charge in [-0.05, 0) is 13.0 Å². The monoisotopic (exact) mass is 349 g/mol. The van der Waals surface area contributed by atoms with Gasteiger partial charge in [-0.3, -0.25) is 9.20 Å². The summed E-state index contributed by atoms with van der Waals surface area (Å²) in [5, 5.41) is 5.80. The Balaban J connectivity index is 1.50. The van der Waals surface area contributed by atoms with E-state index in [2.05, 4.69) is 20.3 Å². The van der Waals surface area contributed by atoms with Crippen molar-refractivity contribution in [2.45, 2.75) is 13.0 Å². The molecule has 0 fully saturated rings. The molecule has 1 atom stereocenters. The summed E-state index contributed by atoms with van der Waals surface area (Å²) >= 11 is 1.53. The van der Waals surface area contributed by atoms with Gasteiger partial charge < -0.3 is 5.32 Å². The zero-order chi connectivity index (χ0) is 17.2. The van der Waals surface area contributed by atoms with Crippen LogP contribution in [0.5, 0.6) is 0 Å². The molecule has 6 nitrogen and oxygen atoms in total. The van der Waals surface area contributed by atoms with Crippen LogP contribution in [0.25, 0.3) is 17.0 Å². The second-order valence-corrected chi connectivity index (χ2v) is 6.47. The summed E-state index contributed by atoms with van der Waals surface area (Å²) in [4.78, 5) is 25.4. The molecule has 3 heterocycles. The van der Waals surface area contributed by atoms with Crippen LogP contribution in [0, 0.1) is 0 Å². The molecule has 0 aliphatic heterocycles. The third kappa shape index (κ3) is 3.14. The molecule has 0 radical (unpaired) electrons. The Morgan fingerprint density at radius 3 is 2.84 bits per heavy atom. The summed E-state index contributed by atoms with van der Waals surface area (Å²) in [6, 6.07) is 11.6. The number of carbonyl (C=O) groups is 1. The van der Waals surface area contributed by atoms with Gasteiger partial charge in [0.05, 0.1) is 11.7 Å². The minimum absolute atomic E-state index is 0.201. The molecule has 4 aromatic rings. The third-order valence-corrected chi connectivity index (χ3v) is 4.81. The fourth-order valence-corrected chi connectivity index (χ4v) is 3.33. The van der Waals surface area contributed by atoms with Crippen molar-refractivity contribution in [2.75, 3.05) is 0 Å². The topological polar surface area (TPSA) is 72.2 Å². The number of aromatic nitrogens is 4. The average Bonchev–Trinajstić information content (AvgIpc) is 3.29. The van der Waals surface area contributed by atoms with Crippen molar-refractivity contribution in [2.24, 2.45) is 0 Å². The number of imidazole rings is 1. The minimum atomic E-state index is -0.241. The maximum atomic E-state index is 12.4. The lowest BCUT2D eigenvalue weighted by molar-refractivity contribution is 0.0935. The van der Waals surface area contributed by atoms with Gasteiger partial charge in [-0.25, -0.2) is 15.0 Å². The molecule has 0 bridgehead atoms. The van der Waals surface area contributed by atoms with Gasteiger partial charge >= 0.3 is 0 Å². The van der Waals surface area contributed by atoms with Crippen LogP contribution in [0.15, 0.2) is 60.4 Å². The van der Waals surface area contributed by atoms with E-state index in [-0.39, 0.29) is 11.9 Å². The first-order valence-corrected chi connectivity index (χ1v) is 8.70. The Bertz CT molecular complexity index is 991. The zero-order valence-corrected chi connectivity index (χ0v) is 14.3. The van der Waals surface area contributed by atoms with E-state index in [0.717, 1.165) is 16.3 Å². The molecule has 1 N–H and O–H groups in total. The van der Waals surface area contributed by atoms with E-state index < -0.39 is 0 Å². The molecule has 0 saturated heterocycles. The SMILES string of the molecule is C[C@@H](NC(=O)c1cn2cccnc2n1)c1nc(-c2ccccc2)cs1. The van der Waals surface area contributed by atoms with Gasteiger partial charge in [0, 0.05) is 29.5 Å². The quantitative estimate of drug-likeness (QED) is 0.613. The molecule has 0 aliphatic rings. The van der Waals surface area contributed by atoms with Gasteiger partial charge in [0.25, 0.3) is 5.91 Å². The van der Waals surface area contributed by atoms with Crippen LogP contribution in [0.1, 0.15) is 28.5 Å². The predicted molar refractivity (Wildman–Crippen MR) is 96.4 cm³/mol. The van der Waals surface area contributed by atoms with Crippen molar-refractivity contribution in [1.82, 2.24) is 24.7 Å². The molecule has 0 spiro atoms. The number of nitrogens with one attached hydrogen (secondary N) is 1. The highest BCUT2D eigenvalue weighted by atomic mass is 32.1. The third-order valence-electron chi connectivity index (χ3n) is 3.78. The van der Waals surface area contributed by atoms with Crippen molar-refractivity contribution in [3.8, 4) is 11.3 Å². The lowest BCUT2D eigenvalue weighted by Crippen LogP contribution is -2.26. The summed E-state index contributed by atoms with van der Waals surface area (Å²) < 4.78 is 1.72. The fourth-order valence-electron chi connectivity index (χ4n) is 2.50. The molecule has 0 unspecified atom stereocenters. The number of thiazole rings is 1. The molecule has 0 saturated carbocycles. The summed E-state index contributed by atoms with van der Waals surface area (Å²) in [7, 11) is 0. The smallest absolute Gasteiger partial charge is 0.272 e. The Hall–Kier alpha value is -3.06. The summed E-state index contributed by atoms with van der Waals surface area (Å²) in [5.74, 6) is 0.260. The molecule has 25 heavy (non-hydrogen) atoms. The van der Waals surface area contributed by atoms with Crippen LogP contribution in [-0.4, -0.2) is 25.3 Å². The van der Waals surface area contributed by atoms with Crippen LogP contribution in [0.2, 0.25) is 0 Å². The van der Waals surface area contributed by atoms with Crippen LogP contribution < -0.4 is 5.32 Å². The lowest BCUT2D eigenvalue weighted by Gasteiger charge is -2.09. The Kier molecular flexibility index (Phi) is 3.99. The van der Waals surface area contributed by atoms with Gasteiger partial charge in [-0.1, -0.05) is 30.3 Å². The van der Waals surface area contributed by atoms with Crippen molar-refractivity contribution in [3.63, 3.8) is 0 Å². The second kappa shape index (κ2) is 6.45. The zero-order valence-electron chi connectivity index (χ0n) is 13.5. The van der Waals surface area contributed by atoms with Gasteiger partial charge in [-0.2, -0.15) is 0 Å². The molecule has 1 aromatic carbocycles. The van der Waals surface area contributed by atoms with Crippen molar-refractivity contribution < 1.29 is 4.79 Å². The second-order valence-electron chi connectivity index (χ2n) is 5.59. The van der Waals surface area contributed by atoms with E-state index in [0.29, 0.717) is 11.5 Å². The highest BCUT2D eigenvalue weighted by Crippen LogP contribution is 2.25. The largest absolute Gasteiger partial charge is 0.342 e. The van der Waals surface area contributed by atoms with E-state index in [1.165, 1.54) is 11.3 Å². The first kappa shape index (κ1) is 15.5. The van der Waals surface area contributed by atoms with E-state index in [9.17, 15) is 4.79 Å². The minimum Gasteiger partial charge on any atom is -0.342 e. The van der Waals surface area contributed by atoms with E-state index in [1.54, 1.807) is 22.9 Å². The molecule has 3 aromatic heterocycles. The maximum absolute atomic E-state index is 12.4. The molecular weight excluding hydrogens is 334 g/mol. The molecule has 1 amide bonds. The molecule has 7 heteroatoms. The van der Waals surface area contributed by atoms with Crippen molar-refractivity contribution >= 4 is 23.0 Å². The van der Waals surface area contributed by atoms with Crippen molar-refractivity contribution in [1.29, 1.82) is 0 Å². The number of hydrogen-bond acceptors (Lipinski definition) is 5. The number of carbonyl (C=O) groups excluding carboxylic acids is 1. The van der Waals surface area contributed by atoms with E-state index >= 15 is 0 Å². The van der Waals surface area contributed by atoms with Gasteiger partial charge in [0.2, 0.25) is 5.78 Å². The summed E-state index contributed by atoms with van der Waals surface area (Å²) in [6.45, 7) is 1.92. The number of benzene rings is 1. The number of nitrogens with zero attached hydrogens (tertiary/aromatic N) is 4. The van der Waals surface area contributed by atoms with Gasteiger partial charge in [0.15, 0.2) is 0 Å². The standard InChI is InChI=1S/C18H15N5OS/c1-12(17-21-15(11-25-17)13-6-3-2-4-7-13)20-16(24)14-10-23-9-5-8-19-18(23)22-14/h2-12H,1H3,(H,20,24)/t12-/m1/s1. The van der Waals surface area contributed by atoms with Gasteiger partial charge in [-0.15, -0.1) is 11.3 Å². The van der Waals surface area contributed by atoms with E-state index in [4.69, 9.17) is 0 Å². The van der Waals surface area contributed by atoms with E-state index in [1.807, 2.05) is 48.8 Å². The Labute approximate surface area is 148 Å². The number of hydrogen-bond donors (Lipinski definition) is 1. The highest BCUT2D eigenvalue weighted by Gasteiger charge is 2.17. The Morgan fingerprint density at radius 1 is 1.20 bits per heavy atom. The first-order chi connectivity index (χ1) is 12.2. The first-order valence-electron chi connectivity index (χ1n) is 7.82. The molecular formula is C18H15N5OS. The number of fused-ring (bicyclic) bond motifs is 1. The highest BCUT2D eigenvalue weighted by molar-refractivity contribution is 7.10. The average molecular weight is 349 g/mol. The van der Waals surface area contributed by atoms with Crippen LogP contribution >= 0.6 is 11.3 Å². The van der Waals surface area contributed by atoms with Crippen LogP contribution in [0.3, 0.4) is 0 Å². The Morgan fingerprint density at radius 2 is 2.04 bits per heavy atom. The van der Waals surface area contributed by atoms with Crippen LogP contribution in [0.4, 0.5) is 0 Å². The van der Waals surface area contributed by atoms with Crippen LogP contribution in [-0.2, 0) is 0 Å². The summed E-state index contributed by atoms with van der Waals surface area (Å²) in [5.41, 5.74) is 2.32.